The minimum Gasteiger partial charge on any atom is -0.330 e. The summed E-state index contributed by atoms with van der Waals surface area (Å²) in [5, 5.41) is 0. The van der Waals surface area contributed by atoms with Gasteiger partial charge in [-0.15, -0.1) is 0 Å². The van der Waals surface area contributed by atoms with Crippen molar-refractivity contribution in [1.29, 1.82) is 0 Å². The molecule has 0 fully saturated rings. The Morgan fingerprint density at radius 1 is 0.652 bits per heavy atom. The van der Waals surface area contributed by atoms with Crippen LogP contribution in [-0.2, 0) is 10.1 Å². The third kappa shape index (κ3) is 38.9. The molecule has 0 heterocycles. The number of hydrogen-bond donors (Lipinski definition) is 7. The largest absolute Gasteiger partial charge is 0.522 e. The van der Waals surface area contributed by atoms with Gasteiger partial charge in [0.25, 0.3) is 0 Å². The Balaban J connectivity index is -0.000000108. The van der Waals surface area contributed by atoms with Crippen molar-refractivity contribution >= 4 is 10.1 Å². The van der Waals surface area contributed by atoms with Crippen LogP contribution in [0.25, 0.3) is 0 Å². The summed E-state index contributed by atoms with van der Waals surface area (Å²) in [7, 11) is -5.84. The molecule has 0 amide bonds. The minimum atomic E-state index is -5.84. The van der Waals surface area contributed by atoms with E-state index in [2.05, 4.69) is 0 Å². The summed E-state index contributed by atoms with van der Waals surface area (Å²) in [5.74, 6) is 0. The number of alkyl halides is 3. The minimum absolute atomic E-state index is 0.719. The first-order chi connectivity index (χ1) is 10.5. The molecule has 0 aromatic carbocycles. The Bertz CT molecular complexity index is 284. The molecule has 0 bridgehead atoms. The molecule has 0 aromatic heterocycles. The number of halogens is 3. The van der Waals surface area contributed by atoms with Crippen LogP contribution >= 0.6 is 0 Å². The molecule has 23 heavy (non-hydrogen) atoms. The second-order valence-corrected chi connectivity index (χ2v) is 5.13. The summed E-state index contributed by atoms with van der Waals surface area (Å²) in [5.41, 5.74) is 24.8. The zero-order valence-corrected chi connectivity index (χ0v) is 14.0. The van der Waals surface area contributed by atoms with Crippen molar-refractivity contribution in [1.82, 2.24) is 0 Å². The molecular formula is C10H31F3N6O3S. The van der Waals surface area contributed by atoms with Crippen LogP contribution in [0, 0.1) is 0 Å². The highest BCUT2D eigenvalue weighted by molar-refractivity contribution is 7.86. The van der Waals surface area contributed by atoms with E-state index in [1.54, 1.807) is 0 Å². The Hall–Kier alpha value is -0.540. The van der Waals surface area contributed by atoms with Gasteiger partial charge in [0.2, 0.25) is 0 Å². The van der Waals surface area contributed by atoms with Gasteiger partial charge >= 0.3 is 15.6 Å². The molecule has 0 aromatic rings. The van der Waals surface area contributed by atoms with Gasteiger partial charge in [-0.05, 0) is 58.5 Å². The van der Waals surface area contributed by atoms with Gasteiger partial charge in [0.05, 0.1) is 0 Å². The molecular weight excluding hydrogens is 341 g/mol. The lowest BCUT2D eigenvalue weighted by Gasteiger charge is -1.97. The maximum Gasteiger partial charge on any atom is 0.522 e. The van der Waals surface area contributed by atoms with Crippen molar-refractivity contribution in [2.24, 2.45) is 34.4 Å². The first kappa shape index (κ1) is 30.4. The van der Waals surface area contributed by atoms with Gasteiger partial charge in [0, 0.05) is 0 Å². The normalized spacial score (nSPS) is 10.3. The first-order valence-electron chi connectivity index (χ1n) is 6.74. The van der Waals surface area contributed by atoms with Crippen molar-refractivity contribution in [2.75, 3.05) is 39.3 Å². The second kappa shape index (κ2) is 21.5. The molecule has 146 valence electrons. The smallest absolute Gasteiger partial charge is 0.330 e. The summed E-state index contributed by atoms with van der Waals surface area (Å²) in [6, 6.07) is 0. The van der Waals surface area contributed by atoms with Crippen LogP contribution in [0.4, 0.5) is 13.2 Å². The standard InChI is InChI=1S/3C3H10N2.CHF3O3S/c3*4-2-1-3-5;2-1(3,4)8(5,6)7/h3*1-5H2;(H,5,6,7). The highest BCUT2D eigenvalue weighted by atomic mass is 32.2. The number of nitrogens with two attached hydrogens (primary N) is 6. The van der Waals surface area contributed by atoms with E-state index in [0.717, 1.165) is 58.5 Å². The van der Waals surface area contributed by atoms with Crippen molar-refractivity contribution in [3.05, 3.63) is 0 Å². The van der Waals surface area contributed by atoms with Gasteiger partial charge in [0.1, 0.15) is 0 Å². The predicted octanol–water partition coefficient (Wildman–Crippen LogP) is -1.72. The lowest BCUT2D eigenvalue weighted by molar-refractivity contribution is -0.0510. The lowest BCUT2D eigenvalue weighted by atomic mass is 10.4. The average molecular weight is 372 g/mol. The third-order valence-corrected chi connectivity index (χ3v) is 2.10. The summed E-state index contributed by atoms with van der Waals surface area (Å²) >= 11 is 0. The Morgan fingerprint density at radius 3 is 0.783 bits per heavy atom. The van der Waals surface area contributed by atoms with Gasteiger partial charge in [-0.2, -0.15) is 21.6 Å². The molecule has 0 unspecified atom stereocenters. The average Bonchev–Trinajstić information content (AvgIpc) is 2.41. The Morgan fingerprint density at radius 2 is 0.783 bits per heavy atom. The molecule has 13 heteroatoms. The quantitative estimate of drug-likeness (QED) is 0.208. The fourth-order valence-corrected chi connectivity index (χ4v) is 0.354. The van der Waals surface area contributed by atoms with Gasteiger partial charge in [0.15, 0.2) is 0 Å². The van der Waals surface area contributed by atoms with E-state index in [1.807, 2.05) is 0 Å². The van der Waals surface area contributed by atoms with E-state index in [0.29, 0.717) is 0 Å². The van der Waals surface area contributed by atoms with E-state index in [-0.39, 0.29) is 0 Å². The molecule has 13 N–H and O–H groups in total. The van der Waals surface area contributed by atoms with Gasteiger partial charge < -0.3 is 34.4 Å². The van der Waals surface area contributed by atoms with E-state index < -0.39 is 15.6 Å². The molecule has 0 aliphatic heterocycles. The number of hydrogen-bond acceptors (Lipinski definition) is 8. The van der Waals surface area contributed by atoms with Crippen molar-refractivity contribution < 1.29 is 26.1 Å². The van der Waals surface area contributed by atoms with Crippen LogP contribution in [0.15, 0.2) is 0 Å². The summed E-state index contributed by atoms with van der Waals surface area (Å²) in [4.78, 5) is 0. The van der Waals surface area contributed by atoms with Crippen LogP contribution in [-0.4, -0.2) is 57.7 Å². The zero-order chi connectivity index (χ0) is 19.4. The highest BCUT2D eigenvalue weighted by Crippen LogP contribution is 2.20. The fraction of sp³-hybridized carbons (Fsp3) is 1.00. The Kier molecular flexibility index (Phi) is 28.3. The molecule has 0 aliphatic rings. The van der Waals surface area contributed by atoms with Crippen molar-refractivity contribution in [2.45, 2.75) is 24.8 Å². The first-order valence-corrected chi connectivity index (χ1v) is 8.18. The summed E-state index contributed by atoms with van der Waals surface area (Å²) in [6.07, 6.45) is 2.83. The molecule has 0 radical (unpaired) electrons. The van der Waals surface area contributed by atoms with Crippen LogP contribution < -0.4 is 34.4 Å². The SMILES string of the molecule is NCCCN.NCCCN.NCCCN.O=S(=O)(O)C(F)(F)F. The van der Waals surface area contributed by atoms with E-state index >= 15 is 0 Å². The second-order valence-electron chi connectivity index (χ2n) is 3.71. The topological polar surface area (TPSA) is 210 Å². The van der Waals surface area contributed by atoms with Crippen LogP contribution in [0.5, 0.6) is 0 Å². The van der Waals surface area contributed by atoms with Crippen LogP contribution in [0.3, 0.4) is 0 Å². The molecule has 0 aliphatic carbocycles. The van der Waals surface area contributed by atoms with E-state index in [1.165, 1.54) is 0 Å². The molecule has 0 spiro atoms. The molecule has 0 saturated carbocycles. The van der Waals surface area contributed by atoms with Crippen LogP contribution in [0.1, 0.15) is 19.3 Å². The third-order valence-electron chi connectivity index (χ3n) is 1.52. The van der Waals surface area contributed by atoms with Crippen molar-refractivity contribution in [3.63, 3.8) is 0 Å². The fourth-order valence-electron chi connectivity index (χ4n) is 0.354. The van der Waals surface area contributed by atoms with Crippen LogP contribution in [0.2, 0.25) is 0 Å². The predicted molar refractivity (Wildman–Crippen MR) is 85.8 cm³/mol. The maximum atomic E-state index is 10.7. The maximum absolute atomic E-state index is 10.7. The molecule has 9 nitrogen and oxygen atoms in total. The van der Waals surface area contributed by atoms with E-state index in [4.69, 9.17) is 47.4 Å². The lowest BCUT2D eigenvalue weighted by Crippen LogP contribution is -2.21. The monoisotopic (exact) mass is 372 g/mol. The van der Waals surface area contributed by atoms with Gasteiger partial charge in [-0.3, -0.25) is 4.55 Å². The van der Waals surface area contributed by atoms with Gasteiger partial charge in [-0.1, -0.05) is 0 Å². The molecule has 0 atom stereocenters. The zero-order valence-electron chi connectivity index (χ0n) is 13.1. The summed E-state index contributed by atoms with van der Waals surface area (Å²) < 4.78 is 57.5. The molecule has 0 rings (SSSR count). The van der Waals surface area contributed by atoms with E-state index in [9.17, 15) is 13.2 Å². The van der Waals surface area contributed by atoms with Crippen molar-refractivity contribution in [3.8, 4) is 0 Å². The number of rotatable bonds is 6. The Labute approximate surface area is 135 Å². The summed E-state index contributed by atoms with van der Waals surface area (Å²) in [6.45, 7) is 4.31. The van der Waals surface area contributed by atoms with Gasteiger partial charge in [-0.25, -0.2) is 0 Å². The molecule has 0 saturated heterocycles. The highest BCUT2D eigenvalue weighted by Gasteiger charge is 2.44.